The molecule has 1 aliphatic rings. The van der Waals surface area contributed by atoms with Crippen molar-refractivity contribution in [3.63, 3.8) is 0 Å². The lowest BCUT2D eigenvalue weighted by Crippen LogP contribution is -2.43. The summed E-state index contributed by atoms with van der Waals surface area (Å²) in [7, 11) is 0. The predicted molar refractivity (Wildman–Crippen MR) is 117 cm³/mol. The number of aryl methyl sites for hydroxylation is 1. The van der Waals surface area contributed by atoms with Crippen LogP contribution in [0.25, 0.3) is 10.9 Å². The van der Waals surface area contributed by atoms with Crippen molar-refractivity contribution in [1.82, 2.24) is 9.97 Å². The Labute approximate surface area is 174 Å². The molecule has 1 atom stereocenters. The lowest BCUT2D eigenvalue weighted by Gasteiger charge is -2.33. The zero-order chi connectivity index (χ0) is 21.3. The summed E-state index contributed by atoms with van der Waals surface area (Å²) >= 11 is 0. The van der Waals surface area contributed by atoms with Gasteiger partial charge < -0.3 is 21.7 Å². The molecule has 2 aromatic heterocycles. The van der Waals surface area contributed by atoms with Gasteiger partial charge in [0.05, 0.1) is 28.8 Å². The molecule has 4 rings (SSSR count). The summed E-state index contributed by atoms with van der Waals surface area (Å²) in [4.78, 5) is 23.7. The molecule has 156 valence electrons. The molecule has 0 bridgehead atoms. The summed E-state index contributed by atoms with van der Waals surface area (Å²) < 4.78 is 14.1. The highest BCUT2D eigenvalue weighted by Gasteiger charge is 2.21. The number of piperidine rings is 1. The molecule has 1 fully saturated rings. The minimum absolute atomic E-state index is 0.0984. The molecule has 8 heteroatoms. The zero-order valence-electron chi connectivity index (χ0n) is 16.9. The number of nitrogens with one attached hydrogen (secondary N) is 1. The highest BCUT2D eigenvalue weighted by Crippen LogP contribution is 2.29. The van der Waals surface area contributed by atoms with Crippen LogP contribution in [0.1, 0.15) is 35.8 Å². The number of anilines is 3. The summed E-state index contributed by atoms with van der Waals surface area (Å²) in [5, 5.41) is 3.44. The van der Waals surface area contributed by atoms with Crippen molar-refractivity contribution in [1.29, 1.82) is 0 Å². The van der Waals surface area contributed by atoms with E-state index in [1.165, 1.54) is 6.07 Å². The van der Waals surface area contributed by atoms with Crippen LogP contribution >= 0.6 is 0 Å². The normalized spacial score (nSPS) is 16.6. The number of nitrogens with two attached hydrogens (primary N) is 2. The van der Waals surface area contributed by atoms with Crippen LogP contribution in [0.2, 0.25) is 0 Å². The van der Waals surface area contributed by atoms with Crippen LogP contribution in [0, 0.1) is 5.82 Å². The number of carbonyl (C=O) groups is 1. The molecule has 1 aliphatic heterocycles. The largest absolute Gasteiger partial charge is 0.397 e. The van der Waals surface area contributed by atoms with Crippen LogP contribution in [0.4, 0.5) is 21.5 Å². The van der Waals surface area contributed by atoms with Gasteiger partial charge in [0.25, 0.3) is 5.91 Å². The Hall–Kier alpha value is -3.26. The van der Waals surface area contributed by atoms with Crippen molar-refractivity contribution >= 4 is 33.9 Å². The second kappa shape index (κ2) is 8.23. The van der Waals surface area contributed by atoms with Crippen LogP contribution in [-0.4, -0.2) is 35.0 Å². The quantitative estimate of drug-likeness (QED) is 0.612. The standard InChI is InChI=1S/C22H25FN6O/c1-2-13-10-18-14(8-16(13)23)9-17(25)21(27-18)22(30)28-19-11-26-6-5-20(19)29-7-3-4-15(24)12-29/h5-6,8-11,15H,2-4,7,12,24-25H2,1H3,(H,28,30). The van der Waals surface area contributed by atoms with Gasteiger partial charge in [-0.3, -0.25) is 9.78 Å². The fraction of sp³-hybridized carbons (Fsp3) is 0.318. The zero-order valence-corrected chi connectivity index (χ0v) is 16.9. The number of nitrogens with zero attached hydrogens (tertiary/aromatic N) is 3. The first-order valence-corrected chi connectivity index (χ1v) is 10.1. The number of pyridine rings is 2. The van der Waals surface area contributed by atoms with E-state index in [-0.39, 0.29) is 23.2 Å². The molecular weight excluding hydrogens is 383 g/mol. The highest BCUT2D eigenvalue weighted by atomic mass is 19.1. The monoisotopic (exact) mass is 408 g/mol. The number of hydrogen-bond acceptors (Lipinski definition) is 6. The number of benzene rings is 1. The van der Waals surface area contributed by atoms with E-state index in [0.717, 1.165) is 25.1 Å². The SMILES string of the molecule is CCc1cc2nc(C(=O)Nc3cnccc3N3CCCC(N)C3)c(N)cc2cc1F. The number of fused-ring (bicyclic) bond motifs is 1. The molecule has 0 aliphatic carbocycles. The molecule has 1 amide bonds. The molecule has 1 aromatic carbocycles. The first kappa shape index (κ1) is 20.0. The smallest absolute Gasteiger partial charge is 0.276 e. The lowest BCUT2D eigenvalue weighted by molar-refractivity contribution is 0.102. The summed E-state index contributed by atoms with van der Waals surface area (Å²) in [5.74, 6) is -0.740. The van der Waals surface area contributed by atoms with Crippen LogP contribution in [-0.2, 0) is 6.42 Å². The van der Waals surface area contributed by atoms with E-state index < -0.39 is 5.91 Å². The first-order valence-electron chi connectivity index (χ1n) is 10.1. The number of hydrogen-bond donors (Lipinski definition) is 3. The molecule has 1 saturated heterocycles. The summed E-state index contributed by atoms with van der Waals surface area (Å²) in [6, 6.07) is 6.60. The number of halogens is 1. The number of carbonyl (C=O) groups excluding carboxylic acids is 1. The maximum atomic E-state index is 14.1. The van der Waals surface area contributed by atoms with Gasteiger partial charge in [-0.2, -0.15) is 0 Å². The average molecular weight is 408 g/mol. The van der Waals surface area contributed by atoms with Gasteiger partial charge in [-0.05, 0) is 49.1 Å². The van der Waals surface area contributed by atoms with Crippen molar-refractivity contribution in [2.45, 2.75) is 32.2 Å². The first-order chi connectivity index (χ1) is 14.5. The minimum atomic E-state index is -0.438. The van der Waals surface area contributed by atoms with Gasteiger partial charge >= 0.3 is 0 Å². The average Bonchev–Trinajstić information content (AvgIpc) is 2.73. The summed E-state index contributed by atoms with van der Waals surface area (Å²) in [5.41, 5.74) is 15.0. The van der Waals surface area contributed by atoms with Gasteiger partial charge in [-0.15, -0.1) is 0 Å². The van der Waals surface area contributed by atoms with Gasteiger partial charge in [0, 0.05) is 30.7 Å². The Kier molecular flexibility index (Phi) is 5.50. The van der Waals surface area contributed by atoms with Gasteiger partial charge in [0.15, 0.2) is 5.69 Å². The molecule has 1 unspecified atom stereocenters. The van der Waals surface area contributed by atoms with E-state index in [1.807, 2.05) is 13.0 Å². The Morgan fingerprint density at radius 1 is 1.37 bits per heavy atom. The second-order valence-electron chi connectivity index (χ2n) is 7.61. The van der Waals surface area contributed by atoms with Gasteiger partial charge in [0.1, 0.15) is 5.82 Å². The molecular formula is C22H25FN6O. The van der Waals surface area contributed by atoms with E-state index in [9.17, 15) is 9.18 Å². The molecule has 5 N–H and O–H groups in total. The van der Waals surface area contributed by atoms with Crippen LogP contribution in [0.5, 0.6) is 0 Å². The summed E-state index contributed by atoms with van der Waals surface area (Å²) in [6.07, 6.45) is 5.81. The molecule has 0 radical (unpaired) electrons. The number of nitrogen functional groups attached to an aromatic ring is 1. The Balaban J connectivity index is 1.65. The Morgan fingerprint density at radius 2 is 2.20 bits per heavy atom. The molecule has 0 spiro atoms. The van der Waals surface area contributed by atoms with Crippen molar-refractivity contribution in [3.8, 4) is 0 Å². The van der Waals surface area contributed by atoms with Gasteiger partial charge in [-0.1, -0.05) is 6.92 Å². The van der Waals surface area contributed by atoms with Gasteiger partial charge in [-0.25, -0.2) is 9.37 Å². The van der Waals surface area contributed by atoms with E-state index in [0.29, 0.717) is 35.1 Å². The van der Waals surface area contributed by atoms with Crippen LogP contribution in [0.15, 0.2) is 36.7 Å². The molecule has 3 heterocycles. The number of amides is 1. The molecule has 0 saturated carbocycles. The fourth-order valence-electron chi connectivity index (χ4n) is 3.88. The number of rotatable bonds is 4. The summed E-state index contributed by atoms with van der Waals surface area (Å²) in [6.45, 7) is 3.45. The lowest BCUT2D eigenvalue weighted by atomic mass is 10.1. The van der Waals surface area contributed by atoms with Crippen molar-refractivity contribution in [2.75, 3.05) is 29.0 Å². The topological polar surface area (TPSA) is 110 Å². The highest BCUT2D eigenvalue weighted by molar-refractivity contribution is 6.09. The third kappa shape index (κ3) is 3.91. The van der Waals surface area contributed by atoms with Crippen molar-refractivity contribution in [3.05, 3.63) is 53.7 Å². The van der Waals surface area contributed by atoms with Crippen LogP contribution in [0.3, 0.4) is 0 Å². The maximum Gasteiger partial charge on any atom is 0.276 e. The Bertz CT molecular complexity index is 1100. The van der Waals surface area contributed by atoms with Gasteiger partial charge in [0.2, 0.25) is 0 Å². The maximum absolute atomic E-state index is 14.1. The van der Waals surface area contributed by atoms with Crippen molar-refractivity contribution < 1.29 is 9.18 Å². The predicted octanol–water partition coefficient (Wildman–Crippen LogP) is 3.09. The third-order valence-electron chi connectivity index (χ3n) is 5.45. The fourth-order valence-corrected chi connectivity index (χ4v) is 3.88. The van der Waals surface area contributed by atoms with Crippen LogP contribution < -0.4 is 21.7 Å². The van der Waals surface area contributed by atoms with E-state index >= 15 is 0 Å². The van der Waals surface area contributed by atoms with E-state index in [1.54, 1.807) is 24.5 Å². The minimum Gasteiger partial charge on any atom is -0.397 e. The molecule has 7 nitrogen and oxygen atoms in total. The Morgan fingerprint density at radius 3 is 2.97 bits per heavy atom. The second-order valence-corrected chi connectivity index (χ2v) is 7.61. The molecule has 30 heavy (non-hydrogen) atoms. The molecule has 3 aromatic rings. The third-order valence-corrected chi connectivity index (χ3v) is 5.45. The number of aromatic nitrogens is 2. The van der Waals surface area contributed by atoms with E-state index in [4.69, 9.17) is 11.5 Å². The van der Waals surface area contributed by atoms with Crippen molar-refractivity contribution in [2.24, 2.45) is 5.73 Å². The van der Waals surface area contributed by atoms with E-state index in [2.05, 4.69) is 20.2 Å².